The number of pyridine rings is 1. The molecule has 5 fully saturated rings. The monoisotopic (exact) mass is 768 g/mol. The van der Waals surface area contributed by atoms with Crippen molar-refractivity contribution in [1.82, 2.24) is 29.7 Å². The standard InChI is InChI=1S/C42H47F3N8O3/c1-22(2)52-21-47-35-16-33(48-38(37(35)52)49-34-15-28(39(54)46-4)23(3)11-32(34)43)24-5-6-29-36(12-24)53(26-13-25(14-26)51-17-30-31(18-51)42(30,44)45)40(55)41(29)7-9-50(10-8-41)27-19-56-20-27/h5-6,11-12,15-16,21-22,25-27,30-31H,7-10,13-14,17-20H2,1-4H3,(H,46,54)(H,48,49)/t25-,26+,30?,31?. The van der Waals surface area contributed by atoms with Gasteiger partial charge in [-0.05, 0) is 94.9 Å². The molecule has 2 amide bonds. The van der Waals surface area contributed by atoms with E-state index in [2.05, 4.69) is 32.6 Å². The van der Waals surface area contributed by atoms with Gasteiger partial charge in [-0.3, -0.25) is 19.4 Å². The fraction of sp³-hybridized carbons (Fsp3) is 0.524. The van der Waals surface area contributed by atoms with Crippen LogP contribution in [0.15, 0.2) is 42.7 Å². The summed E-state index contributed by atoms with van der Waals surface area (Å²) < 4.78 is 51.1. The Bertz CT molecular complexity index is 2260. The predicted octanol–water partition coefficient (Wildman–Crippen LogP) is 6.04. The van der Waals surface area contributed by atoms with Gasteiger partial charge in [0.15, 0.2) is 5.82 Å². The van der Waals surface area contributed by atoms with Crippen molar-refractivity contribution >= 4 is 40.0 Å². The molecule has 1 spiro atoms. The number of fused-ring (bicyclic) bond motifs is 4. The van der Waals surface area contributed by atoms with Crippen LogP contribution in [0.1, 0.15) is 67.1 Å². The summed E-state index contributed by atoms with van der Waals surface area (Å²) in [6.07, 6.45) is 4.70. The number of benzene rings is 2. The number of hydrogen-bond donors (Lipinski definition) is 2. The zero-order valence-electron chi connectivity index (χ0n) is 32.1. The highest BCUT2D eigenvalue weighted by molar-refractivity contribution is 6.09. The van der Waals surface area contributed by atoms with E-state index in [0.717, 1.165) is 68.8 Å². The highest BCUT2D eigenvalue weighted by Crippen LogP contribution is 2.60. The van der Waals surface area contributed by atoms with Crippen molar-refractivity contribution in [3.05, 3.63) is 65.2 Å². The van der Waals surface area contributed by atoms with Crippen LogP contribution in [-0.2, 0) is 14.9 Å². The molecule has 4 aromatic rings. The average Bonchev–Trinajstić information content (AvgIpc) is 3.60. The number of rotatable bonds is 8. The molecule has 294 valence electrons. The second kappa shape index (κ2) is 12.7. The minimum absolute atomic E-state index is 0.0233. The normalized spacial score (nSPS) is 26.7. The number of aromatic nitrogens is 3. The lowest BCUT2D eigenvalue weighted by molar-refractivity contribution is -0.128. The van der Waals surface area contributed by atoms with E-state index in [1.807, 2.05) is 35.4 Å². The number of imidazole rings is 1. The molecular formula is C42H47F3N8O3. The molecule has 2 aromatic carbocycles. The Labute approximate surface area is 323 Å². The van der Waals surface area contributed by atoms with Crippen LogP contribution in [0, 0.1) is 24.6 Å². The molecule has 2 aliphatic carbocycles. The number of alkyl halides is 2. The fourth-order valence-corrected chi connectivity index (χ4v) is 10.2. The Balaban J connectivity index is 1.02. The topological polar surface area (TPSA) is 108 Å². The molecule has 0 radical (unpaired) electrons. The van der Waals surface area contributed by atoms with Gasteiger partial charge >= 0.3 is 0 Å². The number of ether oxygens (including phenoxy) is 1. The van der Waals surface area contributed by atoms with Crippen LogP contribution < -0.4 is 15.5 Å². The summed E-state index contributed by atoms with van der Waals surface area (Å²) in [6, 6.07) is 11.6. The molecule has 2 saturated carbocycles. The third-order valence-corrected chi connectivity index (χ3v) is 13.8. The summed E-state index contributed by atoms with van der Waals surface area (Å²) in [4.78, 5) is 44.1. The van der Waals surface area contributed by atoms with E-state index in [-0.39, 0.29) is 35.6 Å². The van der Waals surface area contributed by atoms with E-state index in [0.29, 0.717) is 52.8 Å². The van der Waals surface area contributed by atoms with Crippen LogP contribution in [0.3, 0.4) is 0 Å². The molecule has 6 aliphatic rings. The zero-order valence-corrected chi connectivity index (χ0v) is 32.1. The predicted molar refractivity (Wildman–Crippen MR) is 206 cm³/mol. The number of carbonyl (C=O) groups excluding carboxylic acids is 2. The molecule has 2 atom stereocenters. The minimum Gasteiger partial charge on any atom is -0.378 e. The van der Waals surface area contributed by atoms with Gasteiger partial charge in [-0.1, -0.05) is 12.1 Å². The van der Waals surface area contributed by atoms with Gasteiger partial charge in [-0.15, -0.1) is 0 Å². The molecule has 2 N–H and O–H groups in total. The van der Waals surface area contributed by atoms with Gasteiger partial charge in [0.05, 0.1) is 47.9 Å². The van der Waals surface area contributed by atoms with Crippen LogP contribution in [0.25, 0.3) is 22.3 Å². The third kappa shape index (κ3) is 5.34. The summed E-state index contributed by atoms with van der Waals surface area (Å²) in [5.74, 6) is -3.88. The maximum atomic E-state index is 15.6. The van der Waals surface area contributed by atoms with E-state index < -0.39 is 29.0 Å². The van der Waals surface area contributed by atoms with Gasteiger partial charge < -0.3 is 24.8 Å². The first-order valence-corrected chi connectivity index (χ1v) is 20.0. The molecule has 0 bridgehead atoms. The number of amides is 2. The number of anilines is 3. The first-order chi connectivity index (χ1) is 26.9. The number of nitrogens with one attached hydrogen (secondary N) is 2. The summed E-state index contributed by atoms with van der Waals surface area (Å²) in [5.41, 5.74) is 5.02. The highest BCUT2D eigenvalue weighted by Gasteiger charge is 2.72. The Hall–Kier alpha value is -4.53. The summed E-state index contributed by atoms with van der Waals surface area (Å²) in [6.45, 7) is 9.73. The van der Waals surface area contributed by atoms with E-state index in [9.17, 15) is 18.4 Å². The Morgan fingerprint density at radius 2 is 1.71 bits per heavy atom. The second-order valence-electron chi connectivity index (χ2n) is 17.2. The van der Waals surface area contributed by atoms with Crippen LogP contribution in [0.5, 0.6) is 0 Å². The maximum Gasteiger partial charge on any atom is 0.257 e. The smallest absolute Gasteiger partial charge is 0.257 e. The molecule has 6 heterocycles. The van der Waals surface area contributed by atoms with Gasteiger partial charge in [0, 0.05) is 66.9 Å². The average molecular weight is 769 g/mol. The lowest BCUT2D eigenvalue weighted by Gasteiger charge is -2.47. The number of piperidine rings is 2. The summed E-state index contributed by atoms with van der Waals surface area (Å²) in [5, 5.41) is 5.84. The SMILES string of the molecule is CNC(=O)c1cc(Nc2nc(-c3ccc4c(c3)N([C@H]3C[C@@H](N5CC6C(C5)C6(F)F)C3)C(=O)C43CCN(C4COC4)CC3)cc3ncn(C(C)C)c23)c(F)cc1C. The molecule has 2 aromatic heterocycles. The highest BCUT2D eigenvalue weighted by atomic mass is 19.3. The van der Waals surface area contributed by atoms with E-state index in [1.54, 1.807) is 13.3 Å². The van der Waals surface area contributed by atoms with Crippen molar-refractivity contribution in [2.24, 2.45) is 11.8 Å². The zero-order chi connectivity index (χ0) is 38.8. The first-order valence-electron chi connectivity index (χ1n) is 20.0. The largest absolute Gasteiger partial charge is 0.378 e. The number of halogens is 3. The molecule has 3 saturated heterocycles. The molecular weight excluding hydrogens is 722 g/mol. The number of hydrogen-bond acceptors (Lipinski definition) is 8. The molecule has 56 heavy (non-hydrogen) atoms. The van der Waals surface area contributed by atoms with Crippen molar-refractivity contribution < 1.29 is 27.5 Å². The molecule has 4 aliphatic heterocycles. The minimum atomic E-state index is -2.52. The second-order valence-corrected chi connectivity index (χ2v) is 17.2. The summed E-state index contributed by atoms with van der Waals surface area (Å²) >= 11 is 0. The van der Waals surface area contributed by atoms with Crippen molar-refractivity contribution in [3.8, 4) is 11.3 Å². The molecule has 11 nitrogen and oxygen atoms in total. The summed E-state index contributed by atoms with van der Waals surface area (Å²) in [7, 11) is 1.54. The van der Waals surface area contributed by atoms with Gasteiger partial charge in [0.2, 0.25) is 5.91 Å². The Kier molecular flexibility index (Phi) is 8.16. The van der Waals surface area contributed by atoms with Crippen molar-refractivity contribution in [3.63, 3.8) is 0 Å². The van der Waals surface area contributed by atoms with Gasteiger partial charge in [0.25, 0.3) is 11.8 Å². The van der Waals surface area contributed by atoms with Crippen LogP contribution in [-0.4, -0.2) is 107 Å². The number of carbonyl (C=O) groups is 2. The van der Waals surface area contributed by atoms with Crippen molar-refractivity contribution in [2.45, 2.75) is 82.0 Å². The first kappa shape index (κ1) is 35.9. The quantitative estimate of drug-likeness (QED) is 0.224. The van der Waals surface area contributed by atoms with Crippen molar-refractivity contribution in [2.75, 3.05) is 56.7 Å². The maximum absolute atomic E-state index is 15.6. The van der Waals surface area contributed by atoms with Crippen LogP contribution in [0.4, 0.5) is 30.4 Å². The van der Waals surface area contributed by atoms with Gasteiger partial charge in [0.1, 0.15) is 11.3 Å². The van der Waals surface area contributed by atoms with Crippen molar-refractivity contribution in [1.29, 1.82) is 0 Å². The van der Waals surface area contributed by atoms with Crippen LogP contribution in [0.2, 0.25) is 0 Å². The number of aryl methyl sites for hydroxylation is 1. The fourth-order valence-electron chi connectivity index (χ4n) is 10.2. The number of nitrogens with zero attached hydrogens (tertiary/aromatic N) is 6. The molecule has 10 rings (SSSR count). The van der Waals surface area contributed by atoms with Gasteiger partial charge in [-0.25, -0.2) is 23.1 Å². The third-order valence-electron chi connectivity index (χ3n) is 13.8. The molecule has 14 heteroatoms. The Morgan fingerprint density at radius 3 is 2.38 bits per heavy atom. The van der Waals surface area contributed by atoms with Crippen LogP contribution >= 0.6 is 0 Å². The molecule has 2 unspecified atom stereocenters. The lowest BCUT2D eigenvalue weighted by Crippen LogP contribution is -2.59. The van der Waals surface area contributed by atoms with E-state index >= 15 is 4.39 Å². The lowest BCUT2D eigenvalue weighted by atomic mass is 9.73. The number of likely N-dealkylation sites (tertiary alicyclic amines) is 2. The van der Waals surface area contributed by atoms with E-state index in [1.165, 1.54) is 19.2 Å². The van der Waals surface area contributed by atoms with Gasteiger partial charge in [-0.2, -0.15) is 0 Å². The Morgan fingerprint density at radius 1 is 0.982 bits per heavy atom. The van der Waals surface area contributed by atoms with E-state index in [4.69, 9.17) is 14.7 Å².